The van der Waals surface area contributed by atoms with Crippen molar-refractivity contribution in [3.05, 3.63) is 0 Å². The van der Waals surface area contributed by atoms with E-state index in [1.807, 2.05) is 6.92 Å². The molecule has 2 fully saturated rings. The minimum atomic E-state index is -0.394. The molecule has 0 radical (unpaired) electrons. The zero-order valence-electron chi connectivity index (χ0n) is 13.2. The average Bonchev–Trinajstić information content (AvgIpc) is 2.85. The van der Waals surface area contributed by atoms with Crippen LogP contribution in [-0.2, 0) is 9.53 Å². The van der Waals surface area contributed by atoms with Crippen LogP contribution in [0.2, 0.25) is 0 Å². The predicted molar refractivity (Wildman–Crippen MR) is 81.6 cm³/mol. The molecule has 0 aromatic rings. The highest BCUT2D eigenvalue weighted by atomic mass is 16.5. The van der Waals surface area contributed by atoms with Gasteiger partial charge in [0.25, 0.3) is 0 Å². The number of hydrogen-bond acceptors (Lipinski definition) is 3. The number of nitrogens with one attached hydrogen (secondary N) is 1. The molecule has 0 aromatic heterocycles. The maximum Gasteiger partial charge on any atom is 0.326 e. The first-order chi connectivity index (χ1) is 9.70. The number of ether oxygens (including phenoxy) is 1. The van der Waals surface area contributed by atoms with Gasteiger partial charge in [-0.05, 0) is 44.9 Å². The van der Waals surface area contributed by atoms with Crippen LogP contribution in [0.3, 0.4) is 0 Å². The molecule has 2 atom stereocenters. The van der Waals surface area contributed by atoms with Crippen molar-refractivity contribution in [3.8, 4) is 0 Å². The Morgan fingerprint density at radius 2 is 1.85 bits per heavy atom. The van der Waals surface area contributed by atoms with Gasteiger partial charge in [-0.15, -0.1) is 0 Å². The van der Waals surface area contributed by atoms with E-state index in [0.29, 0.717) is 12.6 Å². The van der Waals surface area contributed by atoms with Crippen molar-refractivity contribution in [2.75, 3.05) is 6.61 Å². The summed E-state index contributed by atoms with van der Waals surface area (Å²) in [5.74, 6) is 0.792. The van der Waals surface area contributed by atoms with Gasteiger partial charge < -0.3 is 4.74 Å². The lowest BCUT2D eigenvalue weighted by Gasteiger charge is -2.34. The Kier molecular flexibility index (Phi) is 5.88. The van der Waals surface area contributed by atoms with E-state index in [2.05, 4.69) is 12.2 Å². The van der Waals surface area contributed by atoms with E-state index in [0.717, 1.165) is 31.6 Å². The summed E-state index contributed by atoms with van der Waals surface area (Å²) < 4.78 is 5.42. The summed E-state index contributed by atoms with van der Waals surface area (Å²) in [6.07, 6.45) is 11.8. The van der Waals surface area contributed by atoms with Crippen LogP contribution in [-0.4, -0.2) is 24.2 Å². The molecule has 0 aliphatic heterocycles. The highest BCUT2D eigenvalue weighted by Gasteiger charge is 2.42. The lowest BCUT2D eigenvalue weighted by Crippen LogP contribution is -2.56. The van der Waals surface area contributed by atoms with E-state index in [1.165, 1.54) is 38.5 Å². The molecule has 0 spiro atoms. The molecule has 0 saturated heterocycles. The largest absolute Gasteiger partial charge is 0.465 e. The van der Waals surface area contributed by atoms with Crippen molar-refractivity contribution in [1.82, 2.24) is 5.32 Å². The van der Waals surface area contributed by atoms with E-state index in [4.69, 9.17) is 4.74 Å². The van der Waals surface area contributed by atoms with Crippen LogP contribution in [0.25, 0.3) is 0 Å². The molecule has 2 aliphatic rings. The molecule has 116 valence electrons. The molecule has 3 nitrogen and oxygen atoms in total. The van der Waals surface area contributed by atoms with Gasteiger partial charge in [-0.25, -0.2) is 0 Å². The number of hydrogen-bond donors (Lipinski definition) is 1. The summed E-state index contributed by atoms with van der Waals surface area (Å²) in [5, 5.41) is 3.73. The maximum absolute atomic E-state index is 12.6. The van der Waals surface area contributed by atoms with Gasteiger partial charge in [-0.1, -0.05) is 39.0 Å². The fraction of sp³-hybridized carbons (Fsp3) is 0.941. The van der Waals surface area contributed by atoms with Gasteiger partial charge >= 0.3 is 5.97 Å². The molecule has 2 aliphatic carbocycles. The van der Waals surface area contributed by atoms with E-state index < -0.39 is 5.54 Å². The fourth-order valence-corrected chi connectivity index (χ4v) is 3.96. The molecule has 1 N–H and O–H groups in total. The summed E-state index contributed by atoms with van der Waals surface area (Å²) in [5.41, 5.74) is -0.394. The van der Waals surface area contributed by atoms with E-state index in [1.54, 1.807) is 0 Å². The van der Waals surface area contributed by atoms with Crippen LogP contribution in [0.5, 0.6) is 0 Å². The topological polar surface area (TPSA) is 38.3 Å². The Bertz CT molecular complexity index is 312. The molecule has 0 aromatic carbocycles. The summed E-state index contributed by atoms with van der Waals surface area (Å²) in [7, 11) is 0. The second-order valence-electron chi connectivity index (χ2n) is 6.63. The average molecular weight is 281 g/mol. The summed E-state index contributed by atoms with van der Waals surface area (Å²) >= 11 is 0. The third kappa shape index (κ3) is 3.75. The SMILES string of the molecule is CCOC(=O)C1(NC2CCCC2)CCCC(CC)CC1. The standard InChI is InChI=1S/C17H31NO2/c1-3-14-8-7-12-17(13-11-14,16(19)20-4-2)18-15-9-5-6-10-15/h14-15,18H,3-13H2,1-2H3. The van der Waals surface area contributed by atoms with Gasteiger partial charge in [-0.2, -0.15) is 0 Å². The van der Waals surface area contributed by atoms with Crippen LogP contribution in [0.15, 0.2) is 0 Å². The number of rotatable bonds is 5. The molecule has 2 rings (SSSR count). The quantitative estimate of drug-likeness (QED) is 0.615. The zero-order valence-corrected chi connectivity index (χ0v) is 13.2. The molecular weight excluding hydrogens is 250 g/mol. The first-order valence-electron chi connectivity index (χ1n) is 8.65. The number of carbonyl (C=O) groups is 1. The van der Waals surface area contributed by atoms with Crippen molar-refractivity contribution in [2.24, 2.45) is 5.92 Å². The highest BCUT2D eigenvalue weighted by molar-refractivity contribution is 5.81. The predicted octanol–water partition coefficient (Wildman–Crippen LogP) is 3.81. The second kappa shape index (κ2) is 7.44. The van der Waals surface area contributed by atoms with Crippen LogP contribution in [0.1, 0.15) is 78.1 Å². The fourth-order valence-electron chi connectivity index (χ4n) is 3.96. The van der Waals surface area contributed by atoms with Crippen LogP contribution in [0.4, 0.5) is 0 Å². The lowest BCUT2D eigenvalue weighted by molar-refractivity contribution is -0.152. The Morgan fingerprint density at radius 3 is 2.50 bits per heavy atom. The van der Waals surface area contributed by atoms with Crippen LogP contribution < -0.4 is 5.32 Å². The van der Waals surface area contributed by atoms with Crippen molar-refractivity contribution < 1.29 is 9.53 Å². The summed E-state index contributed by atoms with van der Waals surface area (Å²) in [6, 6.07) is 0.526. The van der Waals surface area contributed by atoms with Gasteiger partial charge in [-0.3, -0.25) is 10.1 Å². The normalized spacial score (nSPS) is 32.0. The number of carbonyl (C=O) groups excluding carboxylic acids is 1. The molecule has 20 heavy (non-hydrogen) atoms. The monoisotopic (exact) mass is 281 g/mol. The minimum absolute atomic E-state index is 0.00338. The van der Waals surface area contributed by atoms with E-state index in [-0.39, 0.29) is 5.97 Å². The molecule has 0 bridgehead atoms. The maximum atomic E-state index is 12.6. The lowest BCUT2D eigenvalue weighted by atomic mass is 9.88. The second-order valence-corrected chi connectivity index (χ2v) is 6.63. The van der Waals surface area contributed by atoms with Gasteiger partial charge in [0, 0.05) is 6.04 Å². The van der Waals surface area contributed by atoms with Crippen LogP contribution in [0, 0.1) is 5.92 Å². The summed E-state index contributed by atoms with van der Waals surface area (Å²) in [4.78, 5) is 12.6. The molecule has 0 heterocycles. The third-order valence-corrected chi connectivity index (χ3v) is 5.27. The van der Waals surface area contributed by atoms with E-state index >= 15 is 0 Å². The molecule has 2 saturated carbocycles. The first kappa shape index (κ1) is 15.8. The molecule has 2 unspecified atom stereocenters. The third-order valence-electron chi connectivity index (χ3n) is 5.27. The highest BCUT2D eigenvalue weighted by Crippen LogP contribution is 2.34. The summed E-state index contributed by atoms with van der Waals surface area (Å²) in [6.45, 7) is 4.67. The van der Waals surface area contributed by atoms with E-state index in [9.17, 15) is 4.79 Å². The van der Waals surface area contributed by atoms with Gasteiger partial charge in [0.15, 0.2) is 0 Å². The van der Waals surface area contributed by atoms with Crippen molar-refractivity contribution in [3.63, 3.8) is 0 Å². The first-order valence-corrected chi connectivity index (χ1v) is 8.65. The number of esters is 1. The van der Waals surface area contributed by atoms with Gasteiger partial charge in [0.2, 0.25) is 0 Å². The molecule has 3 heteroatoms. The van der Waals surface area contributed by atoms with Gasteiger partial charge in [0.1, 0.15) is 5.54 Å². The Hall–Kier alpha value is -0.570. The zero-order chi connectivity index (χ0) is 14.4. The Morgan fingerprint density at radius 1 is 1.10 bits per heavy atom. The molecular formula is C17H31NO2. The van der Waals surface area contributed by atoms with Gasteiger partial charge in [0.05, 0.1) is 6.61 Å². The Balaban J connectivity index is 2.07. The smallest absolute Gasteiger partial charge is 0.326 e. The minimum Gasteiger partial charge on any atom is -0.465 e. The molecule has 0 amide bonds. The van der Waals surface area contributed by atoms with Crippen molar-refractivity contribution in [1.29, 1.82) is 0 Å². The van der Waals surface area contributed by atoms with Crippen LogP contribution >= 0.6 is 0 Å². The van der Waals surface area contributed by atoms with Crippen molar-refractivity contribution in [2.45, 2.75) is 89.6 Å². The Labute approximate surface area is 123 Å². The van der Waals surface area contributed by atoms with Crippen molar-refractivity contribution >= 4 is 5.97 Å².